The predicted molar refractivity (Wildman–Crippen MR) is 193 cm³/mol. The Morgan fingerprint density at radius 1 is 0.980 bits per heavy atom. The zero-order chi connectivity index (χ0) is 34.1. The number of carbonyl (C=O) groups is 2. The Kier molecular flexibility index (Phi) is 9.51. The number of nitrogens with one attached hydrogen (secondary N) is 1. The maximum Gasteiger partial charge on any atom is 0.455 e. The summed E-state index contributed by atoms with van der Waals surface area (Å²) in [6.07, 6.45) is 4.27. The summed E-state index contributed by atoms with van der Waals surface area (Å²) in [6, 6.07) is 27.7. The van der Waals surface area contributed by atoms with Crippen molar-refractivity contribution in [3.05, 3.63) is 124 Å². The molecule has 2 saturated heterocycles. The number of halogens is 1. The predicted octanol–water partition coefficient (Wildman–Crippen LogP) is 6.61. The zero-order valence-electron chi connectivity index (χ0n) is 26.6. The number of carbonyl (C=O) groups excluding carboxylic acids is 2. The minimum Gasteiger partial charge on any atom is -0.507 e. The van der Waals surface area contributed by atoms with Crippen LogP contribution >= 0.6 is 15.9 Å². The second-order valence-corrected chi connectivity index (χ2v) is 13.6. The van der Waals surface area contributed by atoms with E-state index in [9.17, 15) is 24.8 Å². The maximum absolute atomic E-state index is 14.1. The Morgan fingerprint density at radius 2 is 1.73 bits per heavy atom. The minimum atomic E-state index is -1.14. The molecule has 3 heterocycles. The number of pyridine rings is 1. The number of amides is 2. The lowest BCUT2D eigenvalue weighted by atomic mass is 9.58. The molecule has 0 spiro atoms. The zero-order valence-corrected chi connectivity index (χ0v) is 28.2. The first-order valence-corrected chi connectivity index (χ1v) is 17.2. The molecule has 1 aromatic heterocycles. The molecule has 2 fully saturated rings. The average Bonchev–Trinajstić information content (AvgIpc) is 3.37. The van der Waals surface area contributed by atoms with Gasteiger partial charge in [-0.25, -0.2) is 0 Å². The van der Waals surface area contributed by atoms with Crippen molar-refractivity contribution >= 4 is 63.6 Å². The highest BCUT2D eigenvalue weighted by Crippen LogP contribution is 2.51. The molecule has 248 valence electrons. The van der Waals surface area contributed by atoms with Crippen LogP contribution in [0.4, 0.5) is 17.1 Å². The number of hydrogen-bond acceptors (Lipinski definition) is 8. The first-order chi connectivity index (χ1) is 23.8. The number of allylic oxidation sites excluding steroid dienone is 1. The first kappa shape index (κ1) is 33.0. The molecule has 7 rings (SSSR count). The van der Waals surface area contributed by atoms with Gasteiger partial charge in [-0.3, -0.25) is 19.5 Å². The lowest BCUT2D eigenvalue weighted by Crippen LogP contribution is -2.46. The van der Waals surface area contributed by atoms with Crippen LogP contribution in [0.3, 0.4) is 0 Å². The number of nitrogens with zero attached hydrogens (tertiary/aromatic N) is 2. The fraction of sp³-hybridized carbons (Fsp3) is 0.237. The van der Waals surface area contributed by atoms with Gasteiger partial charge in [0.2, 0.25) is 11.8 Å². The third-order valence-electron chi connectivity index (χ3n) is 9.68. The van der Waals surface area contributed by atoms with Crippen molar-refractivity contribution in [2.24, 2.45) is 17.8 Å². The number of rotatable bonds is 9. The number of para-hydroxylation sites is 1. The summed E-state index contributed by atoms with van der Waals surface area (Å²) in [4.78, 5) is 33.8. The van der Waals surface area contributed by atoms with Crippen molar-refractivity contribution < 1.29 is 29.5 Å². The molecule has 4 atom stereocenters. The molecule has 11 heteroatoms. The van der Waals surface area contributed by atoms with E-state index in [1.54, 1.807) is 30.5 Å². The van der Waals surface area contributed by atoms with Crippen molar-refractivity contribution in [2.45, 2.75) is 31.7 Å². The molecule has 3 aromatic carbocycles. The Morgan fingerprint density at radius 3 is 2.47 bits per heavy atom. The lowest BCUT2D eigenvalue weighted by molar-refractivity contribution is -0.122. The molecule has 1 aliphatic carbocycles. The third kappa shape index (κ3) is 6.72. The van der Waals surface area contributed by atoms with Crippen molar-refractivity contribution in [2.75, 3.05) is 16.8 Å². The summed E-state index contributed by atoms with van der Waals surface area (Å²) >= 11 is 3.48. The Bertz CT molecular complexity index is 1920. The lowest BCUT2D eigenvalue weighted by Gasteiger charge is -2.42. The number of phenols is 1. The fourth-order valence-electron chi connectivity index (χ4n) is 7.49. The monoisotopic (exact) mass is 719 g/mol. The number of aliphatic hydroxyl groups excluding tert-OH is 1. The molecule has 3 aliphatic rings. The van der Waals surface area contributed by atoms with Crippen LogP contribution in [-0.2, 0) is 14.2 Å². The second kappa shape index (κ2) is 14.1. The van der Waals surface area contributed by atoms with Crippen LogP contribution < -0.4 is 10.2 Å². The van der Waals surface area contributed by atoms with E-state index in [0.717, 1.165) is 32.7 Å². The van der Waals surface area contributed by atoms with E-state index in [2.05, 4.69) is 26.2 Å². The Balaban J connectivity index is 1.15. The largest absolute Gasteiger partial charge is 0.507 e. The molecular formula is C38H35BBrN3O6. The van der Waals surface area contributed by atoms with Gasteiger partial charge in [-0.1, -0.05) is 40.2 Å². The number of imide groups is 1. The van der Waals surface area contributed by atoms with E-state index in [-0.39, 0.29) is 36.9 Å². The minimum absolute atomic E-state index is 0.126. The number of aliphatic hydroxyl groups is 1. The third-order valence-corrected chi connectivity index (χ3v) is 10.2. The van der Waals surface area contributed by atoms with E-state index in [4.69, 9.17) is 4.65 Å². The van der Waals surface area contributed by atoms with Gasteiger partial charge in [-0.2, -0.15) is 0 Å². The fourth-order valence-corrected chi connectivity index (χ4v) is 7.87. The summed E-state index contributed by atoms with van der Waals surface area (Å²) < 4.78 is 6.93. The molecule has 4 N–H and O–H groups in total. The van der Waals surface area contributed by atoms with Gasteiger partial charge in [0.25, 0.3) is 0 Å². The molecule has 9 nitrogen and oxygen atoms in total. The second-order valence-electron chi connectivity index (χ2n) is 12.7. The highest BCUT2D eigenvalue weighted by Gasteiger charge is 2.57. The summed E-state index contributed by atoms with van der Waals surface area (Å²) in [5.41, 5.74) is 5.90. The van der Waals surface area contributed by atoms with Crippen LogP contribution in [0.15, 0.2) is 113 Å². The number of aromatic hydroxyl groups is 1. The highest BCUT2D eigenvalue weighted by molar-refractivity contribution is 9.10. The van der Waals surface area contributed by atoms with Crippen LogP contribution in [0.25, 0.3) is 11.6 Å². The standard InChI is InChI=1S/C38H35BBrN3O6/c40-26-10-15-33(45)24(19-26)18-23(32-8-4-5-17-41-32)9-16-34-35-25(22-44)20-30-36(31(35)21-39(48)49-34)38(47)43(37(30)46)29-13-11-28(12-14-29)42-27-6-2-1-3-7-27/h1-8,10-15,17-19,30-31,34,36,42,44-45,48H,9,16,20-22H2/b23-18-/t30-,31+,34-,36-/m1/s1. The van der Waals surface area contributed by atoms with E-state index in [1.807, 2.05) is 72.8 Å². The van der Waals surface area contributed by atoms with Crippen LogP contribution in [0.1, 0.15) is 30.5 Å². The summed E-state index contributed by atoms with van der Waals surface area (Å²) in [7, 11) is -1.14. The number of anilines is 3. The van der Waals surface area contributed by atoms with Crippen molar-refractivity contribution in [3.8, 4) is 5.75 Å². The summed E-state index contributed by atoms with van der Waals surface area (Å²) in [5, 5.41) is 35.4. The van der Waals surface area contributed by atoms with Gasteiger partial charge < -0.3 is 25.2 Å². The van der Waals surface area contributed by atoms with E-state index in [1.165, 1.54) is 4.90 Å². The number of phenolic OH excluding ortho intramolecular Hbond substituents is 1. The van der Waals surface area contributed by atoms with E-state index in [0.29, 0.717) is 29.7 Å². The van der Waals surface area contributed by atoms with Crippen LogP contribution in [0.2, 0.25) is 6.32 Å². The molecule has 2 amide bonds. The van der Waals surface area contributed by atoms with Crippen molar-refractivity contribution in [3.63, 3.8) is 0 Å². The van der Waals surface area contributed by atoms with Gasteiger partial charge in [0, 0.05) is 27.6 Å². The van der Waals surface area contributed by atoms with Gasteiger partial charge in [0.05, 0.1) is 35.9 Å². The number of hydrogen-bond donors (Lipinski definition) is 4. The topological polar surface area (TPSA) is 132 Å². The maximum atomic E-state index is 14.1. The van der Waals surface area contributed by atoms with Gasteiger partial charge in [0.15, 0.2) is 0 Å². The number of aromatic nitrogens is 1. The molecule has 0 unspecified atom stereocenters. The smallest absolute Gasteiger partial charge is 0.455 e. The Hall–Kier alpha value is -4.55. The molecule has 49 heavy (non-hydrogen) atoms. The van der Waals surface area contributed by atoms with Gasteiger partial charge >= 0.3 is 7.12 Å². The van der Waals surface area contributed by atoms with Gasteiger partial charge in [-0.05, 0) is 121 Å². The summed E-state index contributed by atoms with van der Waals surface area (Å²) in [5.74, 6) is -2.25. The van der Waals surface area contributed by atoms with Crippen LogP contribution in [0.5, 0.6) is 5.75 Å². The molecule has 0 bridgehead atoms. The van der Waals surface area contributed by atoms with E-state index >= 15 is 0 Å². The van der Waals surface area contributed by atoms with Gasteiger partial charge in [-0.15, -0.1) is 0 Å². The SMILES string of the molecule is O=C1[C@@H]2[C@@H](CC(CO)=C3[C@@H](CC/C(=C/c4cc(Br)ccc4O)c4ccccn4)OB(O)C[C@@H]32)C(=O)N1c1ccc(Nc2ccccc2)cc1. The molecule has 0 saturated carbocycles. The highest BCUT2D eigenvalue weighted by atomic mass is 79.9. The molecule has 4 aromatic rings. The number of benzene rings is 3. The quantitative estimate of drug-likeness (QED) is 0.0864. The average molecular weight is 720 g/mol. The van der Waals surface area contributed by atoms with E-state index < -0.39 is 31.0 Å². The van der Waals surface area contributed by atoms with Crippen molar-refractivity contribution in [1.29, 1.82) is 0 Å². The number of fused-ring (bicyclic) bond motifs is 3. The summed E-state index contributed by atoms with van der Waals surface area (Å²) in [6.45, 7) is -0.277. The molecular weight excluding hydrogens is 685 g/mol. The normalized spacial score (nSPS) is 22.3. The van der Waals surface area contributed by atoms with Crippen molar-refractivity contribution in [1.82, 2.24) is 4.98 Å². The Labute approximate surface area is 293 Å². The molecule has 2 aliphatic heterocycles. The molecule has 0 radical (unpaired) electrons. The first-order valence-electron chi connectivity index (χ1n) is 16.4. The van der Waals surface area contributed by atoms with Gasteiger partial charge in [0.1, 0.15) is 5.75 Å². The van der Waals surface area contributed by atoms with Crippen LogP contribution in [0, 0.1) is 17.8 Å². The van der Waals surface area contributed by atoms with Crippen LogP contribution in [-0.4, -0.2) is 51.9 Å².